The third-order valence-electron chi connectivity index (χ3n) is 1.98. The van der Waals surface area contributed by atoms with Crippen LogP contribution < -0.4 is 0 Å². The van der Waals surface area contributed by atoms with Crippen LogP contribution in [-0.4, -0.2) is 11.5 Å². The number of carbonyl (C=O) groups is 1. The number of halogens is 2. The molecule has 0 saturated heterocycles. The Balaban J connectivity index is 2.20. The van der Waals surface area contributed by atoms with E-state index in [0.717, 1.165) is 4.90 Å². The summed E-state index contributed by atoms with van der Waals surface area (Å²) >= 11 is 13.1. The number of allylic oxidation sites excluding steroid dienone is 4. The second-order valence-electron chi connectivity index (χ2n) is 3.23. The molecule has 1 aliphatic rings. The van der Waals surface area contributed by atoms with Crippen LogP contribution in [0.5, 0.6) is 0 Å². The second-order valence-corrected chi connectivity index (χ2v) is 4.88. The van der Waals surface area contributed by atoms with Gasteiger partial charge < -0.3 is 0 Å². The first kappa shape index (κ1) is 12.4. The third kappa shape index (κ3) is 3.22. The Bertz CT molecular complexity index is 511. The van der Waals surface area contributed by atoms with Gasteiger partial charge in [-0.15, -0.1) is 0 Å². The fraction of sp³-hybridized carbons (Fsp3) is 0. The van der Waals surface area contributed by atoms with Gasteiger partial charge in [-0.2, -0.15) is 0 Å². The average Bonchev–Trinajstić information content (AvgIpc) is 2.29. The molecule has 0 aliphatic heterocycles. The van der Waals surface area contributed by atoms with Crippen molar-refractivity contribution in [1.29, 1.82) is 0 Å². The van der Waals surface area contributed by atoms with Gasteiger partial charge in [0.2, 0.25) is 0 Å². The van der Waals surface area contributed by atoms with Crippen LogP contribution in [-0.2, 0) is 4.79 Å². The van der Waals surface area contributed by atoms with E-state index in [9.17, 15) is 4.79 Å². The number of carbonyl (C=O) groups excluding carboxylic acids is 1. The van der Waals surface area contributed by atoms with Crippen molar-refractivity contribution < 1.29 is 4.79 Å². The normalized spacial score (nSPS) is 15.4. The molecule has 0 radical (unpaired) electrons. The highest BCUT2D eigenvalue weighted by Crippen LogP contribution is 2.26. The number of hydrogen-bond donors (Lipinski definition) is 0. The van der Waals surface area contributed by atoms with Gasteiger partial charge in [0.25, 0.3) is 0 Å². The minimum Gasteiger partial charge on any atom is -0.290 e. The first-order valence-electron chi connectivity index (χ1n) is 4.76. The highest BCUT2D eigenvalue weighted by molar-refractivity contribution is 7.98. The molecule has 0 spiro atoms. The van der Waals surface area contributed by atoms with E-state index in [1.54, 1.807) is 0 Å². The maximum absolute atomic E-state index is 11.1. The third-order valence-corrected chi connectivity index (χ3v) is 3.31. The van der Waals surface area contributed by atoms with Crippen LogP contribution >= 0.6 is 35.1 Å². The Kier molecular flexibility index (Phi) is 4.05. The number of benzene rings is 1. The summed E-state index contributed by atoms with van der Waals surface area (Å²) in [6.45, 7) is 0. The van der Waals surface area contributed by atoms with Gasteiger partial charge >= 0.3 is 0 Å². The summed E-state index contributed by atoms with van der Waals surface area (Å²) in [5.41, 5.74) is 0.432. The van der Waals surface area contributed by atoms with Gasteiger partial charge in [-0.25, -0.2) is 4.40 Å². The molecule has 1 aliphatic carbocycles. The largest absolute Gasteiger partial charge is 0.290 e. The minimum absolute atomic E-state index is 0.219. The fourth-order valence-electron chi connectivity index (χ4n) is 1.21. The fourth-order valence-corrected chi connectivity index (χ4v) is 2.53. The molecule has 0 heterocycles. The Morgan fingerprint density at radius 1 is 1.00 bits per heavy atom. The minimum atomic E-state index is -0.219. The average molecular weight is 284 g/mol. The maximum Gasteiger partial charge on any atom is 0.181 e. The van der Waals surface area contributed by atoms with E-state index < -0.39 is 0 Å². The van der Waals surface area contributed by atoms with Crippen molar-refractivity contribution >= 4 is 46.6 Å². The Morgan fingerprint density at radius 2 is 1.59 bits per heavy atom. The van der Waals surface area contributed by atoms with Crippen LogP contribution in [0.3, 0.4) is 0 Å². The van der Waals surface area contributed by atoms with Gasteiger partial charge in [0.05, 0.1) is 10.1 Å². The first-order chi connectivity index (χ1) is 8.16. The zero-order valence-electron chi connectivity index (χ0n) is 8.56. The topological polar surface area (TPSA) is 29.4 Å². The zero-order chi connectivity index (χ0) is 12.3. The maximum atomic E-state index is 11.1. The molecule has 1 aromatic rings. The Hall–Kier alpha value is -1.03. The highest BCUT2D eigenvalue weighted by atomic mass is 35.5. The molecule has 0 amide bonds. The van der Waals surface area contributed by atoms with E-state index in [1.165, 1.54) is 24.1 Å². The van der Waals surface area contributed by atoms with E-state index >= 15 is 0 Å². The van der Waals surface area contributed by atoms with Crippen molar-refractivity contribution in [2.45, 2.75) is 4.90 Å². The van der Waals surface area contributed by atoms with E-state index in [4.69, 9.17) is 23.2 Å². The predicted octanol–water partition coefficient (Wildman–Crippen LogP) is 3.96. The van der Waals surface area contributed by atoms with Gasteiger partial charge in [0.15, 0.2) is 5.78 Å². The molecule has 0 unspecified atom stereocenters. The van der Waals surface area contributed by atoms with E-state index in [-0.39, 0.29) is 15.8 Å². The van der Waals surface area contributed by atoms with Crippen molar-refractivity contribution in [2.75, 3.05) is 0 Å². The number of ketones is 1. The van der Waals surface area contributed by atoms with Crippen LogP contribution in [0.25, 0.3) is 0 Å². The second kappa shape index (κ2) is 5.54. The molecule has 86 valence electrons. The molecule has 5 heteroatoms. The monoisotopic (exact) mass is 283 g/mol. The van der Waals surface area contributed by atoms with Gasteiger partial charge in [0, 0.05) is 29.0 Å². The molecule has 0 saturated carbocycles. The van der Waals surface area contributed by atoms with Gasteiger partial charge in [0.1, 0.15) is 5.71 Å². The first-order valence-corrected chi connectivity index (χ1v) is 6.29. The molecular formula is C12H7Cl2NOS. The number of nitrogens with zero attached hydrogens (tertiary/aromatic N) is 1. The molecule has 1 aromatic carbocycles. The zero-order valence-corrected chi connectivity index (χ0v) is 10.9. The summed E-state index contributed by atoms with van der Waals surface area (Å²) < 4.78 is 4.23. The lowest BCUT2D eigenvalue weighted by atomic mass is 10.1. The molecule has 17 heavy (non-hydrogen) atoms. The summed E-state index contributed by atoms with van der Waals surface area (Å²) in [6, 6.07) is 9.62. The van der Waals surface area contributed by atoms with Crippen molar-refractivity contribution in [3.8, 4) is 0 Å². The van der Waals surface area contributed by atoms with Crippen LogP contribution in [0, 0.1) is 0 Å². The van der Waals surface area contributed by atoms with E-state index in [1.807, 2.05) is 30.3 Å². The van der Waals surface area contributed by atoms with Gasteiger partial charge in [-0.05, 0) is 12.1 Å². The summed E-state index contributed by atoms with van der Waals surface area (Å²) in [4.78, 5) is 12.1. The van der Waals surface area contributed by atoms with Crippen LogP contribution in [0.1, 0.15) is 0 Å². The molecule has 0 aromatic heterocycles. The lowest BCUT2D eigenvalue weighted by Crippen LogP contribution is -2.07. The van der Waals surface area contributed by atoms with E-state index in [2.05, 4.69) is 4.40 Å². The molecule has 0 N–H and O–H groups in total. The van der Waals surface area contributed by atoms with Crippen molar-refractivity contribution in [1.82, 2.24) is 0 Å². The van der Waals surface area contributed by atoms with Crippen LogP contribution in [0.15, 0.2) is 61.8 Å². The summed E-state index contributed by atoms with van der Waals surface area (Å²) in [6.07, 6.45) is 2.61. The SMILES string of the molecule is O=C1C=C(Cl)C(=NSc2ccccc2)C(Cl)=C1. The molecular weight excluding hydrogens is 277 g/mol. The lowest BCUT2D eigenvalue weighted by molar-refractivity contribution is -0.110. The summed E-state index contributed by atoms with van der Waals surface area (Å²) in [7, 11) is 0. The van der Waals surface area contributed by atoms with Crippen molar-refractivity contribution in [2.24, 2.45) is 4.40 Å². The number of rotatable bonds is 2. The molecule has 0 bridgehead atoms. The summed E-state index contributed by atoms with van der Waals surface area (Å²) in [5, 5.41) is 0.539. The quantitative estimate of drug-likeness (QED) is 0.607. The van der Waals surface area contributed by atoms with Gasteiger partial charge in [-0.3, -0.25) is 4.79 Å². The van der Waals surface area contributed by atoms with Crippen LogP contribution in [0.4, 0.5) is 0 Å². The predicted molar refractivity (Wildman–Crippen MR) is 72.6 cm³/mol. The molecule has 0 fully saturated rings. The summed E-state index contributed by atoms with van der Waals surface area (Å²) in [5.74, 6) is -0.219. The smallest absolute Gasteiger partial charge is 0.181 e. The van der Waals surface area contributed by atoms with Crippen molar-refractivity contribution in [3.63, 3.8) is 0 Å². The standard InChI is InChI=1S/C12H7Cl2NOS/c13-10-6-8(16)7-11(14)12(10)15-17-9-4-2-1-3-5-9/h1-7H. The molecule has 2 nitrogen and oxygen atoms in total. The molecule has 2 rings (SSSR count). The van der Waals surface area contributed by atoms with Gasteiger partial charge in [-0.1, -0.05) is 41.4 Å². The van der Waals surface area contributed by atoms with Crippen molar-refractivity contribution in [3.05, 3.63) is 52.5 Å². The lowest BCUT2D eigenvalue weighted by Gasteiger charge is -2.07. The Morgan fingerprint density at radius 3 is 2.18 bits per heavy atom. The van der Waals surface area contributed by atoms with Crippen LogP contribution in [0.2, 0.25) is 0 Å². The van der Waals surface area contributed by atoms with E-state index in [0.29, 0.717) is 5.71 Å². The number of hydrogen-bond acceptors (Lipinski definition) is 3. The molecule has 0 atom stereocenters. The highest BCUT2D eigenvalue weighted by Gasteiger charge is 2.16. The Labute approximate surface area is 113 Å².